The topological polar surface area (TPSA) is 0 Å². The van der Waals surface area contributed by atoms with Crippen molar-refractivity contribution in [2.45, 2.75) is 87.2 Å². The third-order valence-electron chi connectivity index (χ3n) is 3.57. The highest BCUT2D eigenvalue weighted by Gasteiger charge is 2.59. The van der Waals surface area contributed by atoms with E-state index in [0.717, 1.165) is 32.1 Å². The summed E-state index contributed by atoms with van der Waals surface area (Å²) in [7, 11) is 0. The van der Waals surface area contributed by atoms with Gasteiger partial charge in [-0.3, -0.25) is 0 Å². The summed E-state index contributed by atoms with van der Waals surface area (Å²) in [5.41, 5.74) is 0. The largest absolute Gasteiger partial charge is 0.453 e. The van der Waals surface area contributed by atoms with Crippen LogP contribution < -0.4 is 0 Å². The minimum atomic E-state index is -5.44. The third kappa shape index (κ3) is 7.41. The Morgan fingerprint density at radius 3 is 1.75 bits per heavy atom. The molecule has 0 amide bonds. The normalized spacial score (nSPS) is 16.2. The van der Waals surface area contributed by atoms with Gasteiger partial charge in [-0.1, -0.05) is 75.0 Å². The SMILES string of the molecule is CCCCCCCCC(I)(CC)CC(F)(F)C(F)(F)F. The van der Waals surface area contributed by atoms with Gasteiger partial charge in [0.2, 0.25) is 0 Å². The van der Waals surface area contributed by atoms with Gasteiger partial charge in [-0.2, -0.15) is 22.0 Å². The first-order valence-electron chi connectivity index (χ1n) is 7.21. The number of alkyl halides is 6. The molecule has 0 aliphatic heterocycles. The van der Waals surface area contributed by atoms with Gasteiger partial charge in [-0.25, -0.2) is 0 Å². The first-order valence-corrected chi connectivity index (χ1v) is 8.29. The Labute approximate surface area is 132 Å². The van der Waals surface area contributed by atoms with Crippen LogP contribution in [0.3, 0.4) is 0 Å². The van der Waals surface area contributed by atoms with Gasteiger partial charge in [0.25, 0.3) is 0 Å². The molecule has 0 fully saturated rings. The van der Waals surface area contributed by atoms with Crippen molar-refractivity contribution in [2.24, 2.45) is 0 Å². The molecular formula is C14H24F5I. The minimum absolute atomic E-state index is 0.328. The summed E-state index contributed by atoms with van der Waals surface area (Å²) in [6, 6.07) is 0. The Kier molecular flexibility index (Phi) is 8.90. The molecule has 0 aromatic heterocycles. The molecule has 0 saturated carbocycles. The van der Waals surface area contributed by atoms with Crippen LogP contribution in [0, 0.1) is 0 Å². The summed E-state index contributed by atoms with van der Waals surface area (Å²) in [6.07, 6.45) is 0.218. The highest BCUT2D eigenvalue weighted by Crippen LogP contribution is 2.46. The van der Waals surface area contributed by atoms with Gasteiger partial charge in [-0.05, 0) is 12.8 Å². The first-order chi connectivity index (χ1) is 9.08. The van der Waals surface area contributed by atoms with E-state index in [4.69, 9.17) is 0 Å². The lowest BCUT2D eigenvalue weighted by molar-refractivity contribution is -0.286. The maximum absolute atomic E-state index is 13.2. The molecule has 0 aromatic rings. The lowest BCUT2D eigenvalue weighted by Crippen LogP contribution is -2.42. The molecule has 0 spiro atoms. The zero-order chi connectivity index (χ0) is 15.9. The Hall–Kier alpha value is 0.380. The quantitative estimate of drug-likeness (QED) is 0.158. The van der Waals surface area contributed by atoms with Crippen LogP contribution in [-0.4, -0.2) is 15.5 Å². The molecule has 0 aliphatic carbocycles. The van der Waals surface area contributed by atoms with E-state index in [1.165, 1.54) is 0 Å². The Bertz CT molecular complexity index is 265. The monoisotopic (exact) mass is 414 g/mol. The lowest BCUT2D eigenvalue weighted by atomic mass is 9.91. The molecule has 0 aromatic carbocycles. The maximum atomic E-state index is 13.2. The molecule has 1 unspecified atom stereocenters. The molecule has 0 saturated heterocycles. The van der Waals surface area contributed by atoms with Crippen LogP contribution in [0.5, 0.6) is 0 Å². The summed E-state index contributed by atoms with van der Waals surface area (Å²) in [4.78, 5) is 0. The summed E-state index contributed by atoms with van der Waals surface area (Å²) in [5, 5.41) is 0. The van der Waals surface area contributed by atoms with Crippen LogP contribution in [-0.2, 0) is 0 Å². The fraction of sp³-hybridized carbons (Fsp3) is 1.00. The molecule has 0 radical (unpaired) electrons. The van der Waals surface area contributed by atoms with E-state index in [9.17, 15) is 22.0 Å². The second kappa shape index (κ2) is 8.73. The van der Waals surface area contributed by atoms with Crippen molar-refractivity contribution in [2.75, 3.05) is 0 Å². The highest BCUT2D eigenvalue weighted by molar-refractivity contribution is 14.1. The molecule has 20 heavy (non-hydrogen) atoms. The van der Waals surface area contributed by atoms with E-state index < -0.39 is 21.9 Å². The summed E-state index contributed by atoms with van der Waals surface area (Å²) < 4.78 is 62.2. The van der Waals surface area contributed by atoms with Crippen LogP contribution >= 0.6 is 22.6 Å². The van der Waals surface area contributed by atoms with Gasteiger partial charge in [0.15, 0.2) is 0 Å². The number of rotatable bonds is 10. The van der Waals surface area contributed by atoms with Gasteiger partial charge in [-0.15, -0.1) is 0 Å². The van der Waals surface area contributed by atoms with Gasteiger partial charge in [0, 0.05) is 9.84 Å². The van der Waals surface area contributed by atoms with Crippen LogP contribution in [0.1, 0.15) is 71.6 Å². The Morgan fingerprint density at radius 1 is 0.800 bits per heavy atom. The summed E-state index contributed by atoms with van der Waals surface area (Å²) >= 11 is 1.79. The Balaban J connectivity index is 4.27. The Morgan fingerprint density at radius 2 is 1.30 bits per heavy atom. The van der Waals surface area contributed by atoms with Crippen LogP contribution in [0.2, 0.25) is 0 Å². The van der Waals surface area contributed by atoms with E-state index in [2.05, 4.69) is 6.92 Å². The van der Waals surface area contributed by atoms with Crippen molar-refractivity contribution in [3.8, 4) is 0 Å². The molecule has 0 heterocycles. The molecule has 6 heteroatoms. The predicted molar refractivity (Wildman–Crippen MR) is 80.7 cm³/mol. The van der Waals surface area contributed by atoms with Crippen LogP contribution in [0.25, 0.3) is 0 Å². The van der Waals surface area contributed by atoms with Crippen molar-refractivity contribution < 1.29 is 22.0 Å². The van der Waals surface area contributed by atoms with E-state index in [-0.39, 0.29) is 0 Å². The lowest BCUT2D eigenvalue weighted by Gasteiger charge is -2.31. The van der Waals surface area contributed by atoms with Gasteiger partial charge < -0.3 is 0 Å². The zero-order valence-corrected chi connectivity index (χ0v) is 14.3. The van der Waals surface area contributed by atoms with Gasteiger partial charge >= 0.3 is 12.1 Å². The van der Waals surface area contributed by atoms with E-state index in [1.54, 1.807) is 29.5 Å². The summed E-state index contributed by atoms with van der Waals surface area (Å²) in [6.45, 7) is 3.78. The molecule has 1 atom stereocenters. The predicted octanol–water partition coefficient (Wildman–Crippen LogP) is 6.91. The molecule has 0 aliphatic rings. The fourth-order valence-corrected chi connectivity index (χ4v) is 2.97. The molecule has 0 nitrogen and oxygen atoms in total. The molecular weight excluding hydrogens is 390 g/mol. The van der Waals surface area contributed by atoms with Crippen molar-refractivity contribution in [3.63, 3.8) is 0 Å². The second-order valence-corrected chi connectivity index (χ2v) is 7.69. The van der Waals surface area contributed by atoms with Crippen molar-refractivity contribution >= 4 is 22.6 Å². The first kappa shape index (κ1) is 20.4. The molecule has 0 rings (SSSR count). The standard InChI is InChI=1S/C14H24F5I/c1-3-5-6-7-8-9-10-12(20,4-2)11-13(15,16)14(17,18)19/h3-11H2,1-2H3. The molecule has 0 bridgehead atoms. The molecule has 0 N–H and O–H groups in total. The highest BCUT2D eigenvalue weighted by atomic mass is 127. The number of hydrogen-bond acceptors (Lipinski definition) is 0. The smallest absolute Gasteiger partial charge is 0.196 e. The number of halogens is 6. The van der Waals surface area contributed by atoms with Crippen LogP contribution in [0.15, 0.2) is 0 Å². The van der Waals surface area contributed by atoms with Crippen molar-refractivity contribution in [1.82, 2.24) is 0 Å². The van der Waals surface area contributed by atoms with Gasteiger partial charge in [0.1, 0.15) is 0 Å². The van der Waals surface area contributed by atoms with E-state index in [1.807, 2.05) is 0 Å². The summed E-state index contributed by atoms with van der Waals surface area (Å²) in [5.74, 6) is -4.59. The average molecular weight is 414 g/mol. The second-order valence-electron chi connectivity index (χ2n) is 5.40. The number of unbranched alkanes of at least 4 members (excludes halogenated alkanes) is 5. The maximum Gasteiger partial charge on any atom is 0.453 e. The van der Waals surface area contributed by atoms with E-state index in [0.29, 0.717) is 19.3 Å². The average Bonchev–Trinajstić information content (AvgIpc) is 2.31. The van der Waals surface area contributed by atoms with Crippen LogP contribution in [0.4, 0.5) is 22.0 Å². The fourth-order valence-electron chi connectivity index (χ4n) is 2.11. The van der Waals surface area contributed by atoms with Crippen molar-refractivity contribution in [3.05, 3.63) is 0 Å². The molecule has 122 valence electrons. The van der Waals surface area contributed by atoms with Gasteiger partial charge in [0.05, 0.1) is 0 Å². The minimum Gasteiger partial charge on any atom is -0.196 e. The zero-order valence-electron chi connectivity index (χ0n) is 12.1. The number of hydrogen-bond donors (Lipinski definition) is 0. The van der Waals surface area contributed by atoms with Crippen molar-refractivity contribution in [1.29, 1.82) is 0 Å². The van der Waals surface area contributed by atoms with E-state index >= 15 is 0 Å². The third-order valence-corrected chi connectivity index (χ3v) is 5.25.